The minimum atomic E-state index is -0.413. The first-order chi connectivity index (χ1) is 12.1. The van der Waals surface area contributed by atoms with Gasteiger partial charge in [0.25, 0.3) is 11.8 Å². The third kappa shape index (κ3) is 3.70. The van der Waals surface area contributed by atoms with Gasteiger partial charge in [-0.15, -0.1) is 0 Å². The molecule has 0 spiro atoms. The number of hydrogen-bond donors (Lipinski definition) is 0. The number of rotatable bonds is 3. The molecule has 1 saturated heterocycles. The molecule has 2 heterocycles. The van der Waals surface area contributed by atoms with Crippen LogP contribution in [0.5, 0.6) is 0 Å². The van der Waals surface area contributed by atoms with Crippen molar-refractivity contribution in [2.24, 2.45) is 0 Å². The predicted molar refractivity (Wildman–Crippen MR) is 90.7 cm³/mol. The van der Waals surface area contributed by atoms with Gasteiger partial charge in [-0.25, -0.2) is 0 Å². The summed E-state index contributed by atoms with van der Waals surface area (Å²) in [6.45, 7) is 5.07. The Labute approximate surface area is 146 Å². The molecule has 2 amide bonds. The van der Waals surface area contributed by atoms with E-state index >= 15 is 0 Å². The largest absolute Gasteiger partial charge is 0.337 e. The molecular formula is C18H22N4O3. The van der Waals surface area contributed by atoms with Crippen LogP contribution < -0.4 is 0 Å². The van der Waals surface area contributed by atoms with Gasteiger partial charge in [-0.2, -0.15) is 4.98 Å². The summed E-state index contributed by atoms with van der Waals surface area (Å²) in [6.07, 6.45) is 1.12. The molecule has 3 rings (SSSR count). The lowest BCUT2D eigenvalue weighted by molar-refractivity contribution is -0.133. The standard InChI is InChI=1S/C18H22N4O3/c1-3-16(23)22-11-7-10-21(18(24)14-8-5-4-6-9-14)12-15(22)17-19-13(2)20-25-17/h4-6,8-9,15H,3,7,10-12H2,1-2H3. The van der Waals surface area contributed by atoms with Gasteiger partial charge in [-0.1, -0.05) is 30.3 Å². The quantitative estimate of drug-likeness (QED) is 0.854. The van der Waals surface area contributed by atoms with E-state index in [0.717, 1.165) is 0 Å². The van der Waals surface area contributed by atoms with Crippen LogP contribution in [0.1, 0.15) is 47.9 Å². The van der Waals surface area contributed by atoms with Gasteiger partial charge < -0.3 is 14.3 Å². The number of hydrogen-bond acceptors (Lipinski definition) is 5. The van der Waals surface area contributed by atoms with E-state index < -0.39 is 6.04 Å². The van der Waals surface area contributed by atoms with Gasteiger partial charge in [0, 0.05) is 25.1 Å². The van der Waals surface area contributed by atoms with Crippen LogP contribution >= 0.6 is 0 Å². The smallest absolute Gasteiger partial charge is 0.253 e. The van der Waals surface area contributed by atoms with Crippen LogP contribution in [0.15, 0.2) is 34.9 Å². The lowest BCUT2D eigenvalue weighted by Gasteiger charge is -2.29. The monoisotopic (exact) mass is 342 g/mol. The van der Waals surface area contributed by atoms with Gasteiger partial charge >= 0.3 is 0 Å². The summed E-state index contributed by atoms with van der Waals surface area (Å²) < 4.78 is 5.33. The lowest BCUT2D eigenvalue weighted by atomic mass is 10.1. The third-order valence-corrected chi connectivity index (χ3v) is 4.36. The predicted octanol–water partition coefficient (Wildman–Crippen LogP) is 2.20. The van der Waals surface area contributed by atoms with E-state index in [-0.39, 0.29) is 11.8 Å². The van der Waals surface area contributed by atoms with Crippen LogP contribution in [0.25, 0.3) is 0 Å². The van der Waals surface area contributed by atoms with Crippen LogP contribution in [0.2, 0.25) is 0 Å². The minimum absolute atomic E-state index is 0.0230. The molecule has 1 aliphatic heterocycles. The van der Waals surface area contributed by atoms with Crippen molar-refractivity contribution in [1.29, 1.82) is 0 Å². The maximum absolute atomic E-state index is 12.8. The zero-order chi connectivity index (χ0) is 17.8. The summed E-state index contributed by atoms with van der Waals surface area (Å²) in [5, 5.41) is 3.84. The highest BCUT2D eigenvalue weighted by Gasteiger charge is 2.34. The summed E-state index contributed by atoms with van der Waals surface area (Å²) in [7, 11) is 0. The van der Waals surface area contributed by atoms with Gasteiger partial charge in [0.05, 0.1) is 6.54 Å². The lowest BCUT2D eigenvalue weighted by Crippen LogP contribution is -2.40. The second kappa shape index (κ2) is 7.46. The molecule has 0 aliphatic carbocycles. The molecule has 25 heavy (non-hydrogen) atoms. The van der Waals surface area contributed by atoms with Gasteiger partial charge in [0.15, 0.2) is 5.82 Å². The molecule has 0 radical (unpaired) electrons. The first kappa shape index (κ1) is 17.1. The fourth-order valence-corrected chi connectivity index (χ4v) is 3.10. The second-order valence-electron chi connectivity index (χ2n) is 6.11. The van der Waals surface area contributed by atoms with Gasteiger partial charge in [0.2, 0.25) is 5.91 Å². The molecule has 0 saturated carbocycles. The van der Waals surface area contributed by atoms with Crippen molar-refractivity contribution in [2.45, 2.75) is 32.7 Å². The zero-order valence-electron chi connectivity index (χ0n) is 14.5. The number of aromatic nitrogens is 2. The van der Waals surface area contributed by atoms with Crippen LogP contribution in [0.3, 0.4) is 0 Å². The molecule has 2 aromatic rings. The summed E-state index contributed by atoms with van der Waals surface area (Å²) in [4.78, 5) is 33.0. The summed E-state index contributed by atoms with van der Waals surface area (Å²) in [6, 6.07) is 8.75. The molecule has 7 nitrogen and oxygen atoms in total. The molecule has 0 N–H and O–H groups in total. The van der Waals surface area contributed by atoms with Gasteiger partial charge in [-0.3, -0.25) is 9.59 Å². The number of benzene rings is 1. The number of carbonyl (C=O) groups is 2. The van der Waals surface area contributed by atoms with Crippen molar-refractivity contribution < 1.29 is 14.1 Å². The number of nitrogens with zero attached hydrogens (tertiary/aromatic N) is 4. The Bertz CT molecular complexity index is 744. The Balaban J connectivity index is 1.89. The fourth-order valence-electron chi connectivity index (χ4n) is 3.10. The summed E-state index contributed by atoms with van der Waals surface area (Å²) >= 11 is 0. The van der Waals surface area contributed by atoms with Crippen molar-refractivity contribution in [3.8, 4) is 0 Å². The van der Waals surface area contributed by atoms with Crippen molar-refractivity contribution in [1.82, 2.24) is 19.9 Å². The Morgan fingerprint density at radius 3 is 2.64 bits per heavy atom. The van der Waals surface area contributed by atoms with Crippen molar-refractivity contribution >= 4 is 11.8 Å². The highest BCUT2D eigenvalue weighted by atomic mass is 16.5. The maximum atomic E-state index is 12.8. The van der Waals surface area contributed by atoms with E-state index in [1.165, 1.54) is 0 Å². The molecule has 1 aromatic heterocycles. The number of carbonyl (C=O) groups excluding carboxylic acids is 2. The van der Waals surface area contributed by atoms with E-state index in [1.54, 1.807) is 28.9 Å². The van der Waals surface area contributed by atoms with Crippen molar-refractivity contribution in [3.05, 3.63) is 47.6 Å². The number of aryl methyl sites for hydroxylation is 1. The molecule has 0 bridgehead atoms. The highest BCUT2D eigenvalue weighted by Crippen LogP contribution is 2.25. The average molecular weight is 342 g/mol. The minimum Gasteiger partial charge on any atom is -0.337 e. The molecule has 1 aromatic carbocycles. The van der Waals surface area contributed by atoms with E-state index in [2.05, 4.69) is 10.1 Å². The molecule has 1 atom stereocenters. The summed E-state index contributed by atoms with van der Waals surface area (Å²) in [5.41, 5.74) is 0.637. The van der Waals surface area contributed by atoms with Crippen molar-refractivity contribution in [3.63, 3.8) is 0 Å². The molecule has 132 valence electrons. The van der Waals surface area contributed by atoms with Crippen molar-refractivity contribution in [2.75, 3.05) is 19.6 Å². The Hall–Kier alpha value is -2.70. The number of amides is 2. The Morgan fingerprint density at radius 2 is 2.00 bits per heavy atom. The SMILES string of the molecule is CCC(=O)N1CCCN(C(=O)c2ccccc2)CC1c1nc(C)no1. The normalized spacial score (nSPS) is 18.1. The average Bonchev–Trinajstić information content (AvgIpc) is 2.95. The summed E-state index contributed by atoms with van der Waals surface area (Å²) in [5.74, 6) is 0.874. The third-order valence-electron chi connectivity index (χ3n) is 4.36. The maximum Gasteiger partial charge on any atom is 0.253 e. The Kier molecular flexibility index (Phi) is 5.11. The van der Waals surface area contributed by atoms with Gasteiger partial charge in [0.1, 0.15) is 6.04 Å². The molecule has 1 aliphatic rings. The van der Waals surface area contributed by atoms with Crippen LogP contribution in [-0.4, -0.2) is 51.4 Å². The molecule has 1 unspecified atom stereocenters. The molecular weight excluding hydrogens is 320 g/mol. The highest BCUT2D eigenvalue weighted by molar-refractivity contribution is 5.94. The zero-order valence-corrected chi connectivity index (χ0v) is 14.5. The van der Waals surface area contributed by atoms with E-state index in [1.807, 2.05) is 25.1 Å². The first-order valence-corrected chi connectivity index (χ1v) is 8.54. The molecule has 1 fully saturated rings. The topological polar surface area (TPSA) is 79.5 Å². The van der Waals surface area contributed by atoms with Crippen LogP contribution in [0, 0.1) is 6.92 Å². The van der Waals surface area contributed by atoms with Crippen LogP contribution in [0.4, 0.5) is 0 Å². The van der Waals surface area contributed by atoms with Crippen LogP contribution in [-0.2, 0) is 4.79 Å². The molecule has 7 heteroatoms. The first-order valence-electron chi connectivity index (χ1n) is 8.54. The Morgan fingerprint density at radius 1 is 1.24 bits per heavy atom. The van der Waals surface area contributed by atoms with E-state index in [0.29, 0.717) is 49.8 Å². The fraction of sp³-hybridized carbons (Fsp3) is 0.444. The van der Waals surface area contributed by atoms with E-state index in [9.17, 15) is 9.59 Å². The second-order valence-corrected chi connectivity index (χ2v) is 6.11. The van der Waals surface area contributed by atoms with E-state index in [4.69, 9.17) is 4.52 Å². The van der Waals surface area contributed by atoms with Gasteiger partial charge in [-0.05, 0) is 25.5 Å².